The van der Waals surface area contributed by atoms with E-state index in [-0.39, 0.29) is 5.97 Å². The number of carbonyl (C=O) groups excluding carboxylic acids is 1. The zero-order valence-corrected chi connectivity index (χ0v) is 8.83. The van der Waals surface area contributed by atoms with E-state index in [9.17, 15) is 4.79 Å². The van der Waals surface area contributed by atoms with Crippen LogP contribution in [0.5, 0.6) is 5.75 Å². The lowest BCUT2D eigenvalue weighted by Gasteiger charge is -2.08. The molecule has 14 heavy (non-hydrogen) atoms. The van der Waals surface area contributed by atoms with E-state index in [2.05, 4.69) is 14.1 Å². The molecule has 1 rings (SSSR count). The molecule has 1 aromatic carbocycles. The largest absolute Gasteiger partial charge is 0.427 e. The van der Waals surface area contributed by atoms with Crippen molar-refractivity contribution in [1.29, 1.82) is 0 Å². The first kappa shape index (κ1) is 10.7. The average molecular weight is 194 g/mol. The number of ether oxygens (including phenoxy) is 1. The van der Waals surface area contributed by atoms with Gasteiger partial charge in [0, 0.05) is 12.5 Å². The van der Waals surface area contributed by atoms with Crippen molar-refractivity contribution >= 4 is 5.97 Å². The third-order valence-corrected chi connectivity index (χ3v) is 1.72. The molecule has 0 saturated heterocycles. The molecule has 0 heterocycles. The SMILES string of the molecule is CC(=O)Oc1cccc(C[NH+](C)C)c1. The minimum atomic E-state index is -0.278. The molecule has 0 aliphatic rings. The Morgan fingerprint density at radius 3 is 2.71 bits per heavy atom. The minimum absolute atomic E-state index is 0.278. The van der Waals surface area contributed by atoms with Gasteiger partial charge in [0.2, 0.25) is 0 Å². The van der Waals surface area contributed by atoms with Gasteiger partial charge in [0.15, 0.2) is 0 Å². The van der Waals surface area contributed by atoms with Gasteiger partial charge in [0.05, 0.1) is 14.1 Å². The molecule has 3 nitrogen and oxygen atoms in total. The molecule has 0 aliphatic heterocycles. The summed E-state index contributed by atoms with van der Waals surface area (Å²) >= 11 is 0. The highest BCUT2D eigenvalue weighted by Crippen LogP contribution is 2.12. The molecule has 0 aliphatic carbocycles. The maximum absolute atomic E-state index is 10.7. The second kappa shape index (κ2) is 4.77. The molecule has 0 radical (unpaired) electrons. The van der Waals surface area contributed by atoms with Gasteiger partial charge in [0.1, 0.15) is 12.3 Å². The molecule has 0 amide bonds. The van der Waals surface area contributed by atoms with Crippen molar-refractivity contribution in [3.63, 3.8) is 0 Å². The van der Waals surface area contributed by atoms with E-state index in [4.69, 9.17) is 4.74 Å². The van der Waals surface area contributed by atoms with Crippen LogP contribution in [0.1, 0.15) is 12.5 Å². The fourth-order valence-electron chi connectivity index (χ4n) is 1.29. The Bertz CT molecular complexity index is 321. The number of quaternary nitrogens is 1. The Morgan fingerprint density at radius 1 is 1.43 bits per heavy atom. The monoisotopic (exact) mass is 194 g/mol. The molecule has 76 valence electrons. The summed E-state index contributed by atoms with van der Waals surface area (Å²) in [5.41, 5.74) is 1.17. The highest BCUT2D eigenvalue weighted by Gasteiger charge is 2.01. The van der Waals surface area contributed by atoms with E-state index in [1.807, 2.05) is 18.2 Å². The van der Waals surface area contributed by atoms with Gasteiger partial charge < -0.3 is 9.64 Å². The number of rotatable bonds is 3. The number of carbonyl (C=O) groups is 1. The smallest absolute Gasteiger partial charge is 0.308 e. The lowest BCUT2D eigenvalue weighted by molar-refractivity contribution is -0.872. The molecule has 3 heteroatoms. The summed E-state index contributed by atoms with van der Waals surface area (Å²) in [6.45, 7) is 2.33. The Morgan fingerprint density at radius 2 is 2.14 bits per heavy atom. The first-order valence-electron chi connectivity index (χ1n) is 4.64. The number of hydrogen-bond acceptors (Lipinski definition) is 2. The first-order chi connectivity index (χ1) is 6.58. The van der Waals surface area contributed by atoms with Crippen LogP contribution in [-0.4, -0.2) is 20.1 Å². The van der Waals surface area contributed by atoms with Crippen LogP contribution in [0.3, 0.4) is 0 Å². The van der Waals surface area contributed by atoms with Crippen LogP contribution in [0.15, 0.2) is 24.3 Å². The normalized spacial score (nSPS) is 10.3. The summed E-state index contributed by atoms with van der Waals surface area (Å²) < 4.78 is 4.99. The molecular formula is C11H16NO2+. The second-order valence-corrected chi connectivity index (χ2v) is 3.62. The molecule has 0 bridgehead atoms. The van der Waals surface area contributed by atoms with E-state index in [0.717, 1.165) is 6.54 Å². The highest BCUT2D eigenvalue weighted by atomic mass is 16.5. The minimum Gasteiger partial charge on any atom is -0.427 e. The maximum Gasteiger partial charge on any atom is 0.308 e. The molecule has 0 saturated carbocycles. The third kappa shape index (κ3) is 3.58. The van der Waals surface area contributed by atoms with Crippen LogP contribution in [0, 0.1) is 0 Å². The highest BCUT2D eigenvalue weighted by molar-refractivity contribution is 5.69. The standard InChI is InChI=1S/C11H15NO2/c1-9(13)14-11-6-4-5-10(7-11)8-12(2)3/h4-7H,8H2,1-3H3/p+1. The van der Waals surface area contributed by atoms with Crippen LogP contribution in [0.4, 0.5) is 0 Å². The van der Waals surface area contributed by atoms with E-state index in [1.54, 1.807) is 6.07 Å². The molecule has 0 fully saturated rings. The van der Waals surface area contributed by atoms with Gasteiger partial charge in [-0.1, -0.05) is 12.1 Å². The van der Waals surface area contributed by atoms with Crippen molar-refractivity contribution < 1.29 is 14.4 Å². The fraction of sp³-hybridized carbons (Fsp3) is 0.364. The van der Waals surface area contributed by atoms with Crippen molar-refractivity contribution in [1.82, 2.24) is 0 Å². The van der Waals surface area contributed by atoms with Gasteiger partial charge in [-0.2, -0.15) is 0 Å². The van der Waals surface area contributed by atoms with Gasteiger partial charge in [-0.3, -0.25) is 4.79 Å². The van der Waals surface area contributed by atoms with Crippen molar-refractivity contribution in [3.05, 3.63) is 29.8 Å². The van der Waals surface area contributed by atoms with Crippen LogP contribution < -0.4 is 9.64 Å². The lowest BCUT2D eigenvalue weighted by atomic mass is 10.2. The Balaban J connectivity index is 2.73. The van der Waals surface area contributed by atoms with Crippen molar-refractivity contribution in [2.24, 2.45) is 0 Å². The van der Waals surface area contributed by atoms with Gasteiger partial charge in [-0.15, -0.1) is 0 Å². The third-order valence-electron chi connectivity index (χ3n) is 1.72. The number of hydrogen-bond donors (Lipinski definition) is 1. The van der Waals surface area contributed by atoms with E-state index >= 15 is 0 Å². The van der Waals surface area contributed by atoms with Crippen LogP contribution in [0.2, 0.25) is 0 Å². The van der Waals surface area contributed by atoms with Crippen LogP contribution in [-0.2, 0) is 11.3 Å². The summed E-state index contributed by atoms with van der Waals surface area (Å²) in [6.07, 6.45) is 0. The Hall–Kier alpha value is -1.35. The predicted molar refractivity (Wildman–Crippen MR) is 54.3 cm³/mol. The maximum atomic E-state index is 10.7. The number of benzene rings is 1. The quantitative estimate of drug-likeness (QED) is 0.552. The molecular weight excluding hydrogens is 178 g/mol. The van der Waals surface area contributed by atoms with E-state index < -0.39 is 0 Å². The number of esters is 1. The predicted octanol–water partition coefficient (Wildman–Crippen LogP) is 0.256. The lowest BCUT2D eigenvalue weighted by Crippen LogP contribution is -3.04. The van der Waals surface area contributed by atoms with Crippen LogP contribution in [0.25, 0.3) is 0 Å². The van der Waals surface area contributed by atoms with Crippen molar-refractivity contribution in [2.75, 3.05) is 14.1 Å². The van der Waals surface area contributed by atoms with Gasteiger partial charge in [-0.05, 0) is 12.1 Å². The zero-order valence-electron chi connectivity index (χ0n) is 8.83. The fourth-order valence-corrected chi connectivity index (χ4v) is 1.29. The summed E-state index contributed by atoms with van der Waals surface area (Å²) in [7, 11) is 4.16. The average Bonchev–Trinajstić information content (AvgIpc) is 2.01. The number of nitrogens with one attached hydrogen (secondary N) is 1. The topological polar surface area (TPSA) is 30.7 Å². The summed E-state index contributed by atoms with van der Waals surface area (Å²) in [5.74, 6) is 0.343. The van der Waals surface area contributed by atoms with Crippen molar-refractivity contribution in [3.8, 4) is 5.75 Å². The Kier molecular flexibility index (Phi) is 3.65. The first-order valence-corrected chi connectivity index (χ1v) is 4.64. The van der Waals surface area contributed by atoms with Gasteiger partial charge >= 0.3 is 5.97 Å². The van der Waals surface area contributed by atoms with Gasteiger partial charge in [-0.25, -0.2) is 0 Å². The van der Waals surface area contributed by atoms with Crippen molar-refractivity contribution in [2.45, 2.75) is 13.5 Å². The Labute approximate surface area is 84.3 Å². The molecule has 0 unspecified atom stereocenters. The molecule has 1 aromatic rings. The molecule has 0 spiro atoms. The zero-order chi connectivity index (χ0) is 10.6. The van der Waals surface area contributed by atoms with Crippen LogP contribution >= 0.6 is 0 Å². The van der Waals surface area contributed by atoms with Gasteiger partial charge in [0.25, 0.3) is 0 Å². The van der Waals surface area contributed by atoms with E-state index in [1.165, 1.54) is 17.4 Å². The summed E-state index contributed by atoms with van der Waals surface area (Å²) in [5, 5.41) is 0. The summed E-state index contributed by atoms with van der Waals surface area (Å²) in [6, 6.07) is 7.61. The molecule has 0 aromatic heterocycles. The molecule has 0 atom stereocenters. The second-order valence-electron chi connectivity index (χ2n) is 3.62. The molecule has 1 N–H and O–H groups in total. The summed E-state index contributed by atoms with van der Waals surface area (Å²) in [4.78, 5) is 12.1. The van der Waals surface area contributed by atoms with E-state index in [0.29, 0.717) is 5.75 Å².